The van der Waals surface area contributed by atoms with Crippen LogP contribution in [0, 0.1) is 5.82 Å². The third-order valence-electron chi connectivity index (χ3n) is 5.91. The first kappa shape index (κ1) is 17.6. The average molecular weight is 400 g/mol. The van der Waals surface area contributed by atoms with Crippen LogP contribution >= 0.6 is 11.6 Å². The molecule has 1 aliphatic heterocycles. The van der Waals surface area contributed by atoms with Gasteiger partial charge in [-0.05, 0) is 30.5 Å². The lowest BCUT2D eigenvalue weighted by Crippen LogP contribution is -2.56. The lowest BCUT2D eigenvalue weighted by atomic mass is 10.0. The normalized spacial score (nSPS) is 19.9. The van der Waals surface area contributed by atoms with Crippen molar-refractivity contribution < 1.29 is 9.18 Å². The molecule has 144 valence electrons. The van der Waals surface area contributed by atoms with E-state index < -0.39 is 0 Å². The summed E-state index contributed by atoms with van der Waals surface area (Å²) in [6.45, 7) is 2.21. The second-order valence-electron chi connectivity index (χ2n) is 7.53. The quantitative estimate of drug-likeness (QED) is 0.681. The SMILES string of the molecule is O=CC(c1ccc(F)cc1)N1CCN(c2ncnc3[nH]cc(Cl)c23)CC12CC2. The standard InChI is InChI=1S/C20H19ClFN5O/c21-15-9-23-18-17(15)19(25-12-24-18)26-7-8-27(20(11-26)5-6-20)16(10-28)13-1-3-14(22)4-2-13/h1-4,9-10,12,16H,5-8,11H2,(H,23,24,25). The number of nitrogens with zero attached hydrogens (tertiary/aromatic N) is 4. The highest BCUT2D eigenvalue weighted by Crippen LogP contribution is 2.48. The topological polar surface area (TPSA) is 65.1 Å². The number of carbonyl (C=O) groups is 1. The molecule has 1 spiro atoms. The minimum Gasteiger partial charge on any atom is -0.353 e. The first-order valence-corrected chi connectivity index (χ1v) is 9.69. The monoisotopic (exact) mass is 399 g/mol. The van der Waals surface area contributed by atoms with Gasteiger partial charge in [-0.1, -0.05) is 23.7 Å². The summed E-state index contributed by atoms with van der Waals surface area (Å²) in [6.07, 6.45) is 6.27. The minimum atomic E-state index is -0.369. The van der Waals surface area contributed by atoms with Gasteiger partial charge in [-0.3, -0.25) is 4.90 Å². The molecule has 3 heterocycles. The van der Waals surface area contributed by atoms with Crippen molar-refractivity contribution in [1.82, 2.24) is 19.9 Å². The van der Waals surface area contributed by atoms with E-state index in [-0.39, 0.29) is 17.4 Å². The molecule has 1 aromatic carbocycles. The summed E-state index contributed by atoms with van der Waals surface area (Å²) in [5.74, 6) is 0.530. The number of carbonyl (C=O) groups excluding carboxylic acids is 1. The number of aldehydes is 1. The molecule has 2 fully saturated rings. The first-order valence-electron chi connectivity index (χ1n) is 9.31. The van der Waals surface area contributed by atoms with E-state index >= 15 is 0 Å². The van der Waals surface area contributed by atoms with Crippen LogP contribution in [0.15, 0.2) is 36.8 Å². The van der Waals surface area contributed by atoms with Crippen molar-refractivity contribution in [3.8, 4) is 0 Å². The van der Waals surface area contributed by atoms with Crippen molar-refractivity contribution in [2.45, 2.75) is 24.4 Å². The maximum Gasteiger partial charge on any atom is 0.144 e. The number of H-pyrrole nitrogens is 1. The van der Waals surface area contributed by atoms with E-state index in [0.29, 0.717) is 11.6 Å². The Bertz CT molecular complexity index is 1030. The van der Waals surface area contributed by atoms with Gasteiger partial charge in [-0.2, -0.15) is 0 Å². The number of hydrogen-bond acceptors (Lipinski definition) is 5. The van der Waals surface area contributed by atoms with Gasteiger partial charge < -0.3 is 14.7 Å². The third-order valence-corrected chi connectivity index (χ3v) is 6.21. The Kier molecular flexibility index (Phi) is 4.10. The molecular formula is C20H19ClFN5O. The molecule has 8 heteroatoms. The predicted octanol–water partition coefficient (Wildman–Crippen LogP) is 3.35. The van der Waals surface area contributed by atoms with Gasteiger partial charge in [-0.15, -0.1) is 0 Å². The van der Waals surface area contributed by atoms with Crippen LogP contribution in [0.2, 0.25) is 5.02 Å². The predicted molar refractivity (Wildman–Crippen MR) is 105 cm³/mol. The molecule has 1 saturated heterocycles. The highest BCUT2D eigenvalue weighted by atomic mass is 35.5. The van der Waals surface area contributed by atoms with Gasteiger partial charge in [0.1, 0.15) is 29.9 Å². The number of benzene rings is 1. The van der Waals surface area contributed by atoms with E-state index in [1.807, 2.05) is 0 Å². The molecule has 28 heavy (non-hydrogen) atoms. The zero-order valence-electron chi connectivity index (χ0n) is 15.1. The van der Waals surface area contributed by atoms with E-state index in [4.69, 9.17) is 11.6 Å². The number of hydrogen-bond donors (Lipinski definition) is 1. The van der Waals surface area contributed by atoms with Crippen molar-refractivity contribution in [1.29, 1.82) is 0 Å². The van der Waals surface area contributed by atoms with Gasteiger partial charge in [0.2, 0.25) is 0 Å². The fourth-order valence-corrected chi connectivity index (χ4v) is 4.57. The van der Waals surface area contributed by atoms with Gasteiger partial charge in [0, 0.05) is 31.4 Å². The highest BCUT2D eigenvalue weighted by molar-refractivity contribution is 6.36. The largest absolute Gasteiger partial charge is 0.353 e. The summed E-state index contributed by atoms with van der Waals surface area (Å²) in [5, 5.41) is 1.44. The van der Waals surface area contributed by atoms with Crippen LogP contribution in [0.5, 0.6) is 0 Å². The van der Waals surface area contributed by atoms with Crippen LogP contribution in [0.3, 0.4) is 0 Å². The highest BCUT2D eigenvalue weighted by Gasteiger charge is 2.53. The number of piperazine rings is 1. The first-order chi connectivity index (χ1) is 13.6. The van der Waals surface area contributed by atoms with Crippen molar-refractivity contribution in [2.75, 3.05) is 24.5 Å². The van der Waals surface area contributed by atoms with Crippen LogP contribution in [0.25, 0.3) is 11.0 Å². The summed E-state index contributed by atoms with van der Waals surface area (Å²) < 4.78 is 13.3. The van der Waals surface area contributed by atoms with Crippen LogP contribution < -0.4 is 4.90 Å². The maximum atomic E-state index is 13.3. The van der Waals surface area contributed by atoms with Gasteiger partial charge in [0.15, 0.2) is 0 Å². The average Bonchev–Trinajstić information content (AvgIpc) is 3.37. The molecule has 1 aliphatic carbocycles. The molecule has 6 nitrogen and oxygen atoms in total. The molecule has 1 saturated carbocycles. The van der Waals surface area contributed by atoms with Gasteiger partial charge in [0.25, 0.3) is 0 Å². The Hall–Kier alpha value is -2.51. The molecule has 0 radical (unpaired) electrons. The summed E-state index contributed by atoms with van der Waals surface area (Å²) in [6, 6.07) is 5.85. The number of nitrogens with one attached hydrogen (secondary N) is 1. The number of halogens is 2. The Morgan fingerprint density at radius 2 is 2.00 bits per heavy atom. The van der Waals surface area contributed by atoms with Crippen LogP contribution in [-0.4, -0.2) is 51.3 Å². The number of anilines is 1. The van der Waals surface area contributed by atoms with E-state index in [1.165, 1.54) is 12.1 Å². The summed E-state index contributed by atoms with van der Waals surface area (Å²) in [7, 11) is 0. The molecule has 2 aliphatic rings. The number of aromatic nitrogens is 3. The van der Waals surface area contributed by atoms with Crippen molar-refractivity contribution in [3.63, 3.8) is 0 Å². The van der Waals surface area contributed by atoms with Crippen LogP contribution in [-0.2, 0) is 4.79 Å². The molecule has 3 aromatic rings. The fourth-order valence-electron chi connectivity index (χ4n) is 4.34. The summed E-state index contributed by atoms with van der Waals surface area (Å²) in [5.41, 5.74) is 1.48. The van der Waals surface area contributed by atoms with E-state index in [9.17, 15) is 9.18 Å². The van der Waals surface area contributed by atoms with Crippen molar-refractivity contribution >= 4 is 34.7 Å². The number of rotatable bonds is 4. The number of aromatic amines is 1. The Labute approximate surface area is 166 Å². The van der Waals surface area contributed by atoms with Gasteiger partial charge >= 0.3 is 0 Å². The van der Waals surface area contributed by atoms with Crippen LogP contribution in [0.1, 0.15) is 24.4 Å². The third kappa shape index (κ3) is 2.77. The minimum absolute atomic E-state index is 0.0712. The van der Waals surface area contributed by atoms with Gasteiger partial charge in [-0.25, -0.2) is 14.4 Å². The van der Waals surface area contributed by atoms with Crippen molar-refractivity contribution in [2.24, 2.45) is 0 Å². The Balaban J connectivity index is 1.45. The number of fused-ring (bicyclic) bond motifs is 1. The van der Waals surface area contributed by atoms with E-state index in [0.717, 1.165) is 54.6 Å². The zero-order valence-corrected chi connectivity index (χ0v) is 15.9. The van der Waals surface area contributed by atoms with Gasteiger partial charge in [0.05, 0.1) is 16.5 Å². The molecule has 0 bridgehead atoms. The second kappa shape index (κ2) is 6.53. The smallest absolute Gasteiger partial charge is 0.144 e. The molecule has 1 N–H and O–H groups in total. The molecule has 0 amide bonds. The molecule has 5 rings (SSSR count). The summed E-state index contributed by atoms with van der Waals surface area (Å²) >= 11 is 6.35. The molecule has 2 aromatic heterocycles. The lowest BCUT2D eigenvalue weighted by Gasteiger charge is -2.45. The van der Waals surface area contributed by atoms with Crippen LogP contribution in [0.4, 0.5) is 10.2 Å². The molecular weight excluding hydrogens is 381 g/mol. The Morgan fingerprint density at radius 1 is 1.21 bits per heavy atom. The fraction of sp³-hybridized carbons (Fsp3) is 0.350. The zero-order chi connectivity index (χ0) is 19.3. The van der Waals surface area contributed by atoms with Crippen molar-refractivity contribution in [3.05, 3.63) is 53.2 Å². The molecule has 1 unspecified atom stereocenters. The van der Waals surface area contributed by atoms with E-state index in [2.05, 4.69) is 24.8 Å². The summed E-state index contributed by atoms with van der Waals surface area (Å²) in [4.78, 5) is 28.3. The second-order valence-corrected chi connectivity index (χ2v) is 7.94. The molecule has 1 atom stereocenters. The van der Waals surface area contributed by atoms with E-state index in [1.54, 1.807) is 24.7 Å². The Morgan fingerprint density at radius 3 is 2.71 bits per heavy atom. The lowest BCUT2D eigenvalue weighted by molar-refractivity contribution is -0.114. The maximum absolute atomic E-state index is 13.3.